The molecule has 0 radical (unpaired) electrons. The maximum absolute atomic E-state index is 12.5. The molecule has 2 atom stereocenters. The highest BCUT2D eigenvalue weighted by atomic mass is 32.2. The Morgan fingerprint density at radius 3 is 1.20 bits per heavy atom. The first-order valence-corrected chi connectivity index (χ1v) is 23.1. The average Bonchev–Trinajstić information content (AvgIpc) is 3.08. The summed E-state index contributed by atoms with van der Waals surface area (Å²) >= 11 is 0. The zero-order chi connectivity index (χ0) is 36.8. The van der Waals surface area contributed by atoms with Crippen molar-refractivity contribution in [1.29, 1.82) is 0 Å². The minimum absolute atomic E-state index is 0.285. The van der Waals surface area contributed by atoms with E-state index in [9.17, 15) is 22.9 Å². The zero-order valence-corrected chi connectivity index (χ0v) is 33.8. The topological polar surface area (TPSA) is 104 Å². The number of hydrogen-bond acceptors (Lipinski definition) is 4. The summed E-state index contributed by atoms with van der Waals surface area (Å²) in [5, 5.41) is 13.2. The molecule has 0 aromatic carbocycles. The molecule has 0 aromatic heterocycles. The van der Waals surface area contributed by atoms with Crippen LogP contribution in [-0.4, -0.2) is 41.9 Å². The predicted molar refractivity (Wildman–Crippen MR) is 216 cm³/mol. The van der Waals surface area contributed by atoms with Gasteiger partial charge in [-0.3, -0.25) is 9.35 Å². The third-order valence-electron chi connectivity index (χ3n) is 9.87. The third kappa shape index (κ3) is 38.1. The Hall–Kier alpha value is -1.18. The lowest BCUT2D eigenvalue weighted by atomic mass is 10.0. The Kier molecular flexibility index (Phi) is 36.7. The molecule has 0 heterocycles. The molecule has 1 amide bonds. The summed E-state index contributed by atoms with van der Waals surface area (Å²) in [6, 6.07) is -1.06. The van der Waals surface area contributed by atoms with Crippen molar-refractivity contribution in [3.05, 3.63) is 24.3 Å². The number of carbonyl (C=O) groups excluding carboxylic acids is 1. The van der Waals surface area contributed by atoms with E-state index in [-0.39, 0.29) is 12.3 Å². The molecule has 296 valence electrons. The van der Waals surface area contributed by atoms with E-state index in [4.69, 9.17) is 0 Å². The zero-order valence-electron chi connectivity index (χ0n) is 33.0. The van der Waals surface area contributed by atoms with Crippen LogP contribution >= 0.6 is 0 Å². The van der Waals surface area contributed by atoms with E-state index in [1.165, 1.54) is 148 Å². The molecule has 2 unspecified atom stereocenters. The Morgan fingerprint density at radius 2 is 0.840 bits per heavy atom. The van der Waals surface area contributed by atoms with Crippen LogP contribution in [-0.2, 0) is 14.9 Å². The molecule has 0 saturated heterocycles. The van der Waals surface area contributed by atoms with Crippen molar-refractivity contribution in [3.8, 4) is 0 Å². The van der Waals surface area contributed by atoms with Crippen LogP contribution in [0.4, 0.5) is 0 Å². The molecule has 0 rings (SSSR count). The van der Waals surface area contributed by atoms with Crippen LogP contribution in [0.2, 0.25) is 0 Å². The molecule has 0 spiro atoms. The number of unbranched alkanes of at least 4 members (excludes halogenated alkanes) is 29. The van der Waals surface area contributed by atoms with Gasteiger partial charge >= 0.3 is 0 Å². The summed E-state index contributed by atoms with van der Waals surface area (Å²) in [7, 11) is -4.34. The number of rotatable bonds is 39. The van der Waals surface area contributed by atoms with Gasteiger partial charge in [-0.2, -0.15) is 8.42 Å². The van der Waals surface area contributed by atoms with Crippen LogP contribution in [0.25, 0.3) is 0 Å². The van der Waals surface area contributed by atoms with E-state index in [1.807, 2.05) is 6.08 Å². The minimum Gasteiger partial charge on any atom is -0.387 e. The average molecular weight is 726 g/mol. The lowest BCUT2D eigenvalue weighted by Crippen LogP contribution is -2.46. The lowest BCUT2D eigenvalue weighted by molar-refractivity contribution is -0.122. The van der Waals surface area contributed by atoms with Gasteiger partial charge in [-0.15, -0.1) is 0 Å². The summed E-state index contributed by atoms with van der Waals surface area (Å²) in [5.41, 5.74) is 0. The monoisotopic (exact) mass is 726 g/mol. The van der Waals surface area contributed by atoms with E-state index < -0.39 is 28.0 Å². The van der Waals surface area contributed by atoms with Crippen molar-refractivity contribution < 1.29 is 22.9 Å². The van der Waals surface area contributed by atoms with Crippen molar-refractivity contribution in [2.75, 3.05) is 5.75 Å². The summed E-state index contributed by atoms with van der Waals surface area (Å²) in [5.74, 6) is -0.983. The van der Waals surface area contributed by atoms with E-state index in [0.29, 0.717) is 0 Å². The molecule has 0 aliphatic rings. The minimum atomic E-state index is -4.34. The van der Waals surface area contributed by atoms with Gasteiger partial charge in [0.1, 0.15) is 0 Å². The van der Waals surface area contributed by atoms with Crippen LogP contribution in [0, 0.1) is 0 Å². The SMILES string of the molecule is CCCCCCCCC/C=C\CCCCCCCC(=O)NC(CS(=O)(=O)O)C(O)/C=C/CCCCCCCCCCCCCCCCCCC. The molecule has 7 heteroatoms. The van der Waals surface area contributed by atoms with Gasteiger partial charge in [0, 0.05) is 6.42 Å². The lowest BCUT2D eigenvalue weighted by Gasteiger charge is -2.21. The largest absolute Gasteiger partial charge is 0.387 e. The second-order valence-electron chi connectivity index (χ2n) is 15.0. The van der Waals surface area contributed by atoms with Crippen molar-refractivity contribution in [1.82, 2.24) is 5.32 Å². The first-order valence-electron chi connectivity index (χ1n) is 21.5. The maximum Gasteiger partial charge on any atom is 0.267 e. The second kappa shape index (κ2) is 37.6. The van der Waals surface area contributed by atoms with Gasteiger partial charge in [-0.25, -0.2) is 0 Å². The van der Waals surface area contributed by atoms with Gasteiger partial charge in [-0.05, 0) is 44.9 Å². The van der Waals surface area contributed by atoms with Gasteiger partial charge < -0.3 is 10.4 Å². The molecule has 50 heavy (non-hydrogen) atoms. The van der Waals surface area contributed by atoms with Gasteiger partial charge in [-0.1, -0.05) is 199 Å². The molecule has 0 bridgehead atoms. The third-order valence-corrected chi connectivity index (χ3v) is 10.7. The Balaban J connectivity index is 3.89. The van der Waals surface area contributed by atoms with Crippen molar-refractivity contribution in [2.24, 2.45) is 0 Å². The standard InChI is InChI=1S/C43H83NO5S/c1-3-5-7-9-11-13-15-17-19-21-22-23-24-26-28-30-32-34-36-38-42(45)41(40-50(47,48)49)44-43(46)39-37-35-33-31-29-27-25-20-18-16-14-12-10-8-6-4-2/h20,25,36,38,41-42,45H,3-19,21-24,26-35,37,39-40H2,1-2H3,(H,44,46)(H,47,48,49)/b25-20-,38-36+. The van der Waals surface area contributed by atoms with Gasteiger partial charge in [0.15, 0.2) is 0 Å². The molecular weight excluding hydrogens is 643 g/mol. The van der Waals surface area contributed by atoms with E-state index in [2.05, 4.69) is 31.3 Å². The Labute approximate surface area is 311 Å². The van der Waals surface area contributed by atoms with Crippen LogP contribution < -0.4 is 5.32 Å². The highest BCUT2D eigenvalue weighted by Gasteiger charge is 2.24. The highest BCUT2D eigenvalue weighted by Crippen LogP contribution is 2.15. The van der Waals surface area contributed by atoms with E-state index in [1.54, 1.807) is 6.08 Å². The summed E-state index contributed by atoms with van der Waals surface area (Å²) < 4.78 is 32.5. The first-order chi connectivity index (χ1) is 24.3. The molecular formula is C43H83NO5S. The van der Waals surface area contributed by atoms with Crippen molar-refractivity contribution >= 4 is 16.0 Å². The maximum atomic E-state index is 12.5. The number of allylic oxidation sites excluding steroid dienone is 3. The quantitative estimate of drug-likeness (QED) is 0.0332. The molecule has 0 aliphatic heterocycles. The normalized spacial score (nSPS) is 13.4. The predicted octanol–water partition coefficient (Wildman–Crippen LogP) is 12.7. The second-order valence-corrected chi connectivity index (χ2v) is 16.5. The van der Waals surface area contributed by atoms with Crippen LogP contribution in [0.3, 0.4) is 0 Å². The number of aliphatic hydroxyl groups is 1. The number of amides is 1. The van der Waals surface area contributed by atoms with Gasteiger partial charge in [0.05, 0.1) is 17.9 Å². The summed E-state index contributed by atoms with van der Waals surface area (Å²) in [6.45, 7) is 4.53. The molecule has 0 aliphatic carbocycles. The van der Waals surface area contributed by atoms with Crippen LogP contribution in [0.5, 0.6) is 0 Å². The molecule has 0 aromatic rings. The molecule has 3 N–H and O–H groups in total. The fourth-order valence-corrected chi connectivity index (χ4v) is 7.36. The highest BCUT2D eigenvalue weighted by molar-refractivity contribution is 7.85. The molecule has 0 saturated carbocycles. The van der Waals surface area contributed by atoms with Crippen molar-refractivity contribution in [3.63, 3.8) is 0 Å². The van der Waals surface area contributed by atoms with Crippen LogP contribution in [0.15, 0.2) is 24.3 Å². The first kappa shape index (κ1) is 48.8. The van der Waals surface area contributed by atoms with Crippen LogP contribution in [0.1, 0.15) is 226 Å². The fraction of sp³-hybridized carbons (Fsp3) is 0.884. The number of aliphatic hydroxyl groups excluding tert-OH is 1. The number of hydrogen-bond donors (Lipinski definition) is 3. The van der Waals surface area contributed by atoms with Gasteiger partial charge in [0.2, 0.25) is 5.91 Å². The smallest absolute Gasteiger partial charge is 0.267 e. The number of carbonyl (C=O) groups is 1. The fourth-order valence-electron chi connectivity index (χ4n) is 6.62. The number of nitrogens with one attached hydrogen (secondary N) is 1. The molecule has 0 fully saturated rings. The van der Waals surface area contributed by atoms with E-state index in [0.717, 1.165) is 57.8 Å². The summed E-state index contributed by atoms with van der Waals surface area (Å²) in [6.07, 6.45) is 47.3. The van der Waals surface area contributed by atoms with Gasteiger partial charge in [0.25, 0.3) is 10.1 Å². The molecule has 6 nitrogen and oxygen atoms in total. The van der Waals surface area contributed by atoms with E-state index >= 15 is 0 Å². The summed E-state index contributed by atoms with van der Waals surface area (Å²) in [4.78, 5) is 12.5. The van der Waals surface area contributed by atoms with Crippen molar-refractivity contribution in [2.45, 2.75) is 238 Å². The Bertz CT molecular complexity index is 888. The Morgan fingerprint density at radius 1 is 0.520 bits per heavy atom.